The highest BCUT2D eigenvalue weighted by molar-refractivity contribution is 7.10. The highest BCUT2D eigenvalue weighted by Crippen LogP contribution is 2.24. The van der Waals surface area contributed by atoms with Gasteiger partial charge in [0.05, 0.1) is 0 Å². The molecule has 6 nitrogen and oxygen atoms in total. The van der Waals surface area contributed by atoms with E-state index in [0.29, 0.717) is 22.3 Å². The maximum Gasteiger partial charge on any atom is 0.387 e. The molecule has 9 heteroatoms. The lowest BCUT2D eigenvalue weighted by molar-refractivity contribution is -0.118. The Morgan fingerprint density at radius 3 is 2.50 bits per heavy atom. The first-order chi connectivity index (χ1) is 12.6. The summed E-state index contributed by atoms with van der Waals surface area (Å²) in [6.07, 6.45) is 0. The van der Waals surface area contributed by atoms with Gasteiger partial charge in [0.2, 0.25) is 5.13 Å². The largest absolute Gasteiger partial charge is 0.484 e. The molecular formula is C17H13F2N3O3S. The Morgan fingerprint density at radius 2 is 1.81 bits per heavy atom. The molecule has 1 heterocycles. The van der Waals surface area contributed by atoms with Crippen molar-refractivity contribution in [2.75, 3.05) is 11.9 Å². The Labute approximate surface area is 151 Å². The van der Waals surface area contributed by atoms with Crippen molar-refractivity contribution in [2.45, 2.75) is 6.61 Å². The van der Waals surface area contributed by atoms with E-state index in [9.17, 15) is 13.6 Å². The number of ether oxygens (including phenoxy) is 2. The van der Waals surface area contributed by atoms with Crippen molar-refractivity contribution >= 4 is 22.6 Å². The number of alkyl halides is 2. The van der Waals surface area contributed by atoms with Gasteiger partial charge in [-0.2, -0.15) is 18.1 Å². The van der Waals surface area contributed by atoms with Crippen molar-refractivity contribution in [1.82, 2.24) is 9.36 Å². The number of hydrogen-bond donors (Lipinski definition) is 1. The first kappa shape index (κ1) is 17.7. The van der Waals surface area contributed by atoms with Crippen molar-refractivity contribution < 1.29 is 23.0 Å². The summed E-state index contributed by atoms with van der Waals surface area (Å²) in [7, 11) is 0. The van der Waals surface area contributed by atoms with Gasteiger partial charge in [0.25, 0.3) is 5.91 Å². The normalized spacial score (nSPS) is 10.6. The lowest BCUT2D eigenvalue weighted by atomic mass is 10.2. The molecule has 0 radical (unpaired) electrons. The molecule has 0 aliphatic carbocycles. The molecule has 0 spiro atoms. The second kappa shape index (κ2) is 8.34. The maximum atomic E-state index is 12.1. The molecule has 0 unspecified atom stereocenters. The second-order valence-electron chi connectivity index (χ2n) is 4.98. The molecule has 1 N–H and O–H groups in total. The van der Waals surface area contributed by atoms with Crippen molar-refractivity contribution in [1.29, 1.82) is 0 Å². The minimum absolute atomic E-state index is 0.0468. The van der Waals surface area contributed by atoms with Crippen LogP contribution in [-0.4, -0.2) is 28.5 Å². The van der Waals surface area contributed by atoms with Gasteiger partial charge in [-0.25, -0.2) is 0 Å². The Bertz CT molecular complexity index is 857. The van der Waals surface area contributed by atoms with Crippen LogP contribution in [0, 0.1) is 0 Å². The first-order valence-electron chi connectivity index (χ1n) is 7.47. The minimum atomic E-state index is -2.88. The number of aromatic nitrogens is 2. The van der Waals surface area contributed by atoms with Gasteiger partial charge in [-0.15, -0.1) is 0 Å². The number of nitrogens with one attached hydrogen (secondary N) is 1. The minimum Gasteiger partial charge on any atom is -0.484 e. The van der Waals surface area contributed by atoms with Crippen molar-refractivity contribution in [3.8, 4) is 22.9 Å². The molecule has 0 bridgehead atoms. The molecule has 134 valence electrons. The standard InChI is InChI=1S/C17H13F2N3O3S/c18-16(19)25-13-8-6-11(7-9-13)15-21-17(26-22-15)20-14(23)10-24-12-4-2-1-3-5-12/h1-9,16H,10H2,(H,20,21,22,23). The molecule has 26 heavy (non-hydrogen) atoms. The summed E-state index contributed by atoms with van der Waals surface area (Å²) in [5, 5.41) is 2.91. The summed E-state index contributed by atoms with van der Waals surface area (Å²) in [6, 6.07) is 14.9. The van der Waals surface area contributed by atoms with Gasteiger partial charge in [-0.05, 0) is 36.4 Å². The Morgan fingerprint density at radius 1 is 1.08 bits per heavy atom. The summed E-state index contributed by atoms with van der Waals surface area (Å²) >= 11 is 1.01. The molecule has 0 aliphatic heterocycles. The average Bonchev–Trinajstić information content (AvgIpc) is 3.09. The predicted molar refractivity (Wildman–Crippen MR) is 92.5 cm³/mol. The van der Waals surface area contributed by atoms with E-state index in [0.717, 1.165) is 11.5 Å². The van der Waals surface area contributed by atoms with Gasteiger partial charge in [-0.3, -0.25) is 10.1 Å². The maximum absolute atomic E-state index is 12.1. The van der Waals surface area contributed by atoms with E-state index < -0.39 is 6.61 Å². The van der Waals surface area contributed by atoms with Crippen LogP contribution >= 0.6 is 11.5 Å². The fourth-order valence-corrected chi connectivity index (χ4v) is 2.60. The summed E-state index contributed by atoms with van der Waals surface area (Å²) in [5.41, 5.74) is 0.615. The third-order valence-corrected chi connectivity index (χ3v) is 3.75. The SMILES string of the molecule is O=C(COc1ccccc1)Nc1nc(-c2ccc(OC(F)F)cc2)ns1. The summed E-state index contributed by atoms with van der Waals surface area (Å²) in [4.78, 5) is 16.1. The fraction of sp³-hybridized carbons (Fsp3) is 0.118. The zero-order valence-corrected chi connectivity index (χ0v) is 14.1. The first-order valence-corrected chi connectivity index (χ1v) is 8.24. The van der Waals surface area contributed by atoms with E-state index >= 15 is 0 Å². The van der Waals surface area contributed by atoms with Gasteiger partial charge in [-0.1, -0.05) is 18.2 Å². The summed E-state index contributed by atoms with van der Waals surface area (Å²) < 4.78 is 38.1. The monoisotopic (exact) mass is 377 g/mol. The highest BCUT2D eigenvalue weighted by atomic mass is 32.1. The third-order valence-electron chi connectivity index (χ3n) is 3.12. The van der Waals surface area contributed by atoms with E-state index in [1.807, 2.05) is 18.2 Å². The van der Waals surface area contributed by atoms with Gasteiger partial charge in [0.15, 0.2) is 12.4 Å². The van der Waals surface area contributed by atoms with Crippen LogP contribution in [0.5, 0.6) is 11.5 Å². The van der Waals surface area contributed by atoms with E-state index in [1.54, 1.807) is 24.3 Å². The highest BCUT2D eigenvalue weighted by Gasteiger charge is 2.11. The fourth-order valence-electron chi connectivity index (χ4n) is 2.00. The zero-order valence-electron chi connectivity index (χ0n) is 13.3. The molecule has 1 aromatic heterocycles. The summed E-state index contributed by atoms with van der Waals surface area (Å²) in [6.45, 7) is -3.03. The Kier molecular flexibility index (Phi) is 5.69. The van der Waals surface area contributed by atoms with Gasteiger partial charge in [0.1, 0.15) is 11.5 Å². The van der Waals surface area contributed by atoms with Gasteiger partial charge < -0.3 is 9.47 Å². The predicted octanol–water partition coefficient (Wildman–Crippen LogP) is 3.82. The van der Waals surface area contributed by atoms with Crippen LogP contribution in [0.15, 0.2) is 54.6 Å². The molecule has 1 amide bonds. The Balaban J connectivity index is 1.56. The lowest BCUT2D eigenvalue weighted by Crippen LogP contribution is -2.20. The molecule has 0 saturated carbocycles. The number of halogens is 2. The van der Waals surface area contributed by atoms with E-state index in [1.165, 1.54) is 12.1 Å². The topological polar surface area (TPSA) is 73.3 Å². The van der Waals surface area contributed by atoms with Crippen LogP contribution in [0.2, 0.25) is 0 Å². The number of nitrogens with zero attached hydrogens (tertiary/aromatic N) is 2. The van der Waals surface area contributed by atoms with Crippen molar-refractivity contribution in [2.24, 2.45) is 0 Å². The molecule has 3 rings (SSSR count). The van der Waals surface area contributed by atoms with Gasteiger partial charge in [0, 0.05) is 17.1 Å². The van der Waals surface area contributed by atoms with Crippen LogP contribution < -0.4 is 14.8 Å². The van der Waals surface area contributed by atoms with Crippen molar-refractivity contribution in [3.05, 3.63) is 54.6 Å². The number of carbonyl (C=O) groups is 1. The number of benzene rings is 2. The smallest absolute Gasteiger partial charge is 0.387 e. The average molecular weight is 377 g/mol. The van der Waals surface area contributed by atoms with Crippen LogP contribution in [0.3, 0.4) is 0 Å². The van der Waals surface area contributed by atoms with E-state index in [4.69, 9.17) is 4.74 Å². The zero-order chi connectivity index (χ0) is 18.4. The number of para-hydroxylation sites is 1. The molecule has 2 aromatic carbocycles. The number of carbonyl (C=O) groups excluding carboxylic acids is 1. The third kappa shape index (κ3) is 4.96. The van der Waals surface area contributed by atoms with Crippen LogP contribution in [0.1, 0.15) is 0 Å². The quantitative estimate of drug-likeness (QED) is 0.678. The molecule has 0 atom stereocenters. The molecule has 0 aliphatic rings. The number of amides is 1. The molecule has 0 fully saturated rings. The molecule has 0 saturated heterocycles. The van der Waals surface area contributed by atoms with Crippen LogP contribution in [0.4, 0.5) is 13.9 Å². The van der Waals surface area contributed by atoms with Crippen molar-refractivity contribution in [3.63, 3.8) is 0 Å². The number of hydrogen-bond acceptors (Lipinski definition) is 6. The molecule has 3 aromatic rings. The molecular weight excluding hydrogens is 364 g/mol. The summed E-state index contributed by atoms with van der Waals surface area (Å²) in [5.74, 6) is 0.646. The van der Waals surface area contributed by atoms with Gasteiger partial charge >= 0.3 is 6.61 Å². The van der Waals surface area contributed by atoms with Crippen LogP contribution in [0.25, 0.3) is 11.4 Å². The second-order valence-corrected chi connectivity index (χ2v) is 5.73. The number of rotatable bonds is 7. The van der Waals surface area contributed by atoms with Crippen LogP contribution in [-0.2, 0) is 4.79 Å². The van der Waals surface area contributed by atoms with E-state index in [2.05, 4.69) is 19.4 Å². The Hall–Kier alpha value is -3.07. The number of anilines is 1. The lowest BCUT2D eigenvalue weighted by Gasteiger charge is -2.05. The van der Waals surface area contributed by atoms with E-state index in [-0.39, 0.29) is 18.3 Å².